The van der Waals surface area contributed by atoms with E-state index in [0.717, 1.165) is 19.6 Å². The fourth-order valence-corrected chi connectivity index (χ4v) is 2.97. The Balaban J connectivity index is 1.86. The highest BCUT2D eigenvalue weighted by Crippen LogP contribution is 2.16. The Kier molecular flexibility index (Phi) is 10.9. The summed E-state index contributed by atoms with van der Waals surface area (Å²) in [5, 5.41) is 0. The molecule has 20 heavy (non-hydrogen) atoms. The second-order valence-corrected chi connectivity index (χ2v) is 6.07. The minimum atomic E-state index is 0.424. The third kappa shape index (κ3) is 8.01. The fraction of sp³-hybridized carbons (Fsp3) is 0.941. The molecular weight excluding hydrogens is 246 g/mol. The summed E-state index contributed by atoms with van der Waals surface area (Å²) in [6.45, 7) is 5.02. The Labute approximate surface area is 126 Å². The molecular formula is C17H35N3. The Morgan fingerprint density at radius 2 is 1.60 bits per heavy atom. The van der Waals surface area contributed by atoms with Crippen LogP contribution in [-0.4, -0.2) is 36.9 Å². The van der Waals surface area contributed by atoms with Gasteiger partial charge in [0.1, 0.15) is 6.17 Å². The van der Waals surface area contributed by atoms with E-state index in [-0.39, 0.29) is 0 Å². The molecule has 0 aromatic rings. The molecule has 118 valence electrons. The van der Waals surface area contributed by atoms with Crippen molar-refractivity contribution in [3.8, 4) is 0 Å². The van der Waals surface area contributed by atoms with Crippen LogP contribution >= 0.6 is 0 Å². The number of hydrogen-bond donors (Lipinski definition) is 1. The van der Waals surface area contributed by atoms with Gasteiger partial charge in [-0.2, -0.15) is 0 Å². The smallest absolute Gasteiger partial charge is 0.102 e. The Bertz CT molecular complexity index is 240. The van der Waals surface area contributed by atoms with Gasteiger partial charge < -0.3 is 5.73 Å². The van der Waals surface area contributed by atoms with Crippen molar-refractivity contribution >= 4 is 6.21 Å². The van der Waals surface area contributed by atoms with Crippen molar-refractivity contribution < 1.29 is 0 Å². The van der Waals surface area contributed by atoms with Gasteiger partial charge in [-0.3, -0.25) is 9.89 Å². The topological polar surface area (TPSA) is 41.6 Å². The zero-order chi connectivity index (χ0) is 14.5. The standard InChI is InChI=1S/C17H35N3/c1-2-3-4-5-6-7-8-9-10-11-12-17-19-14-16-20(17)15-13-18/h14,17H,2-13,15-16,18H2,1H3. The number of aliphatic imine (C=N–C) groups is 1. The molecule has 0 saturated carbocycles. The minimum Gasteiger partial charge on any atom is -0.329 e. The van der Waals surface area contributed by atoms with Crippen LogP contribution in [0.4, 0.5) is 0 Å². The largest absolute Gasteiger partial charge is 0.329 e. The van der Waals surface area contributed by atoms with Crippen LogP contribution in [0.3, 0.4) is 0 Å². The molecule has 0 saturated heterocycles. The van der Waals surface area contributed by atoms with Gasteiger partial charge in [0.25, 0.3) is 0 Å². The van der Waals surface area contributed by atoms with E-state index in [1.165, 1.54) is 70.6 Å². The number of hydrogen-bond acceptors (Lipinski definition) is 3. The summed E-state index contributed by atoms with van der Waals surface area (Å²) in [7, 11) is 0. The monoisotopic (exact) mass is 281 g/mol. The molecule has 1 aliphatic rings. The molecule has 0 bridgehead atoms. The predicted molar refractivity (Wildman–Crippen MR) is 89.4 cm³/mol. The first kappa shape index (κ1) is 17.6. The van der Waals surface area contributed by atoms with E-state index in [1.807, 2.05) is 0 Å². The lowest BCUT2D eigenvalue weighted by molar-refractivity contribution is 0.241. The molecule has 0 spiro atoms. The highest BCUT2D eigenvalue weighted by molar-refractivity contribution is 5.62. The van der Waals surface area contributed by atoms with Gasteiger partial charge in [-0.15, -0.1) is 0 Å². The van der Waals surface area contributed by atoms with Crippen molar-refractivity contribution in [2.75, 3.05) is 19.6 Å². The first-order chi connectivity index (χ1) is 9.88. The summed E-state index contributed by atoms with van der Waals surface area (Å²) in [5.41, 5.74) is 5.63. The summed E-state index contributed by atoms with van der Waals surface area (Å²) >= 11 is 0. The molecule has 0 radical (unpaired) electrons. The maximum absolute atomic E-state index is 5.63. The summed E-state index contributed by atoms with van der Waals surface area (Å²) in [4.78, 5) is 6.95. The van der Waals surface area contributed by atoms with Gasteiger partial charge in [0.05, 0.1) is 0 Å². The number of nitrogens with zero attached hydrogens (tertiary/aromatic N) is 2. The number of nitrogens with two attached hydrogens (primary N) is 1. The van der Waals surface area contributed by atoms with Gasteiger partial charge in [-0.25, -0.2) is 0 Å². The second kappa shape index (κ2) is 12.3. The molecule has 1 rings (SSSR count). The molecule has 3 heteroatoms. The van der Waals surface area contributed by atoms with Crippen LogP contribution in [0.2, 0.25) is 0 Å². The molecule has 1 aliphatic heterocycles. The molecule has 0 aromatic carbocycles. The number of rotatable bonds is 13. The van der Waals surface area contributed by atoms with Gasteiger partial charge in [0, 0.05) is 25.8 Å². The lowest BCUT2D eigenvalue weighted by atomic mass is 10.1. The Hall–Kier alpha value is -0.410. The first-order valence-electron chi connectivity index (χ1n) is 8.84. The van der Waals surface area contributed by atoms with E-state index in [9.17, 15) is 0 Å². The van der Waals surface area contributed by atoms with E-state index in [1.54, 1.807) is 0 Å². The summed E-state index contributed by atoms with van der Waals surface area (Å²) in [6, 6.07) is 0. The normalized spacial score (nSPS) is 19.0. The lowest BCUT2D eigenvalue weighted by Crippen LogP contribution is -2.34. The molecule has 2 N–H and O–H groups in total. The van der Waals surface area contributed by atoms with Crippen molar-refractivity contribution in [2.45, 2.75) is 83.7 Å². The van der Waals surface area contributed by atoms with E-state index in [0.29, 0.717) is 6.17 Å². The summed E-state index contributed by atoms with van der Waals surface area (Å²) in [6.07, 6.45) is 17.7. The van der Waals surface area contributed by atoms with Crippen LogP contribution in [0.5, 0.6) is 0 Å². The third-order valence-electron chi connectivity index (χ3n) is 4.25. The van der Waals surface area contributed by atoms with E-state index in [2.05, 4.69) is 23.0 Å². The first-order valence-corrected chi connectivity index (χ1v) is 8.84. The van der Waals surface area contributed by atoms with Crippen molar-refractivity contribution in [3.05, 3.63) is 0 Å². The van der Waals surface area contributed by atoms with Crippen LogP contribution in [-0.2, 0) is 0 Å². The average Bonchev–Trinajstić information content (AvgIpc) is 2.89. The van der Waals surface area contributed by atoms with Crippen LogP contribution in [0.15, 0.2) is 4.99 Å². The van der Waals surface area contributed by atoms with Crippen LogP contribution < -0.4 is 5.73 Å². The summed E-state index contributed by atoms with van der Waals surface area (Å²) in [5.74, 6) is 0. The molecule has 1 atom stereocenters. The zero-order valence-electron chi connectivity index (χ0n) is 13.5. The van der Waals surface area contributed by atoms with Crippen LogP contribution in [0.1, 0.15) is 77.6 Å². The second-order valence-electron chi connectivity index (χ2n) is 6.07. The quantitative estimate of drug-likeness (QED) is 0.519. The van der Waals surface area contributed by atoms with Gasteiger partial charge in [0.15, 0.2) is 0 Å². The Morgan fingerprint density at radius 1 is 1.00 bits per heavy atom. The van der Waals surface area contributed by atoms with E-state index in [4.69, 9.17) is 5.73 Å². The molecule has 3 nitrogen and oxygen atoms in total. The molecule has 0 aromatic heterocycles. The Morgan fingerprint density at radius 3 is 2.20 bits per heavy atom. The fourth-order valence-electron chi connectivity index (χ4n) is 2.97. The van der Waals surface area contributed by atoms with Gasteiger partial charge in [-0.1, -0.05) is 64.7 Å². The predicted octanol–water partition coefficient (Wildman–Crippen LogP) is 3.97. The molecule has 1 heterocycles. The maximum atomic E-state index is 5.63. The SMILES string of the molecule is CCCCCCCCCCCCC1N=CCN1CCN. The van der Waals surface area contributed by atoms with Crippen LogP contribution in [0.25, 0.3) is 0 Å². The molecule has 1 unspecified atom stereocenters. The summed E-state index contributed by atoms with van der Waals surface area (Å²) < 4.78 is 0. The molecule has 0 aliphatic carbocycles. The average molecular weight is 281 g/mol. The van der Waals surface area contributed by atoms with Gasteiger partial charge in [0.2, 0.25) is 0 Å². The maximum Gasteiger partial charge on any atom is 0.102 e. The lowest BCUT2D eigenvalue weighted by Gasteiger charge is -2.21. The van der Waals surface area contributed by atoms with Gasteiger partial charge >= 0.3 is 0 Å². The third-order valence-corrected chi connectivity index (χ3v) is 4.25. The van der Waals surface area contributed by atoms with Crippen molar-refractivity contribution in [1.82, 2.24) is 4.90 Å². The number of unbranched alkanes of at least 4 members (excludes halogenated alkanes) is 9. The molecule has 0 amide bonds. The van der Waals surface area contributed by atoms with Crippen molar-refractivity contribution in [1.29, 1.82) is 0 Å². The highest BCUT2D eigenvalue weighted by Gasteiger charge is 2.18. The van der Waals surface area contributed by atoms with Gasteiger partial charge in [-0.05, 0) is 12.8 Å². The highest BCUT2D eigenvalue weighted by atomic mass is 15.3. The minimum absolute atomic E-state index is 0.424. The molecule has 0 fully saturated rings. The van der Waals surface area contributed by atoms with E-state index < -0.39 is 0 Å². The van der Waals surface area contributed by atoms with Crippen molar-refractivity contribution in [3.63, 3.8) is 0 Å². The van der Waals surface area contributed by atoms with Crippen LogP contribution in [0, 0.1) is 0 Å². The zero-order valence-corrected chi connectivity index (χ0v) is 13.5. The van der Waals surface area contributed by atoms with Crippen molar-refractivity contribution in [2.24, 2.45) is 10.7 Å². The van der Waals surface area contributed by atoms with E-state index >= 15 is 0 Å².